The predicted octanol–water partition coefficient (Wildman–Crippen LogP) is 1.06. The molecule has 0 bridgehead atoms. The van der Waals surface area contributed by atoms with E-state index in [2.05, 4.69) is 9.47 Å². The number of carbonyl (C=O) groups excluding carboxylic acids is 4. The highest BCUT2D eigenvalue weighted by molar-refractivity contribution is 6.66. The maximum absolute atomic E-state index is 11.3. The smallest absolute Gasteiger partial charge is 0.356 e. The van der Waals surface area contributed by atoms with E-state index in [1.807, 2.05) is 0 Å². The van der Waals surface area contributed by atoms with Crippen LogP contribution in [0.4, 0.5) is 0 Å². The summed E-state index contributed by atoms with van der Waals surface area (Å²) in [5.74, 6) is -1.28. The van der Waals surface area contributed by atoms with Crippen molar-refractivity contribution in [1.82, 2.24) is 0 Å². The Morgan fingerprint density at radius 1 is 1.00 bits per heavy atom. The molecule has 10 heteroatoms. The zero-order chi connectivity index (χ0) is 18.1. The van der Waals surface area contributed by atoms with Gasteiger partial charge in [0.15, 0.2) is 13.2 Å². The summed E-state index contributed by atoms with van der Waals surface area (Å²) in [4.78, 5) is 44.1. The molecule has 0 heterocycles. The van der Waals surface area contributed by atoms with Gasteiger partial charge in [0.2, 0.25) is 0 Å². The van der Waals surface area contributed by atoms with Crippen LogP contribution in [0.5, 0.6) is 11.5 Å². The zero-order valence-corrected chi connectivity index (χ0v) is 13.8. The lowest BCUT2D eigenvalue weighted by Crippen LogP contribution is -2.34. The quantitative estimate of drug-likeness (QED) is 0.356. The van der Waals surface area contributed by atoms with E-state index >= 15 is 0 Å². The van der Waals surface area contributed by atoms with Gasteiger partial charge in [0.05, 0.1) is 7.11 Å². The lowest BCUT2D eigenvalue weighted by molar-refractivity contribution is -0.151. The van der Waals surface area contributed by atoms with Crippen LogP contribution in [-0.2, 0) is 28.7 Å². The molecule has 1 rings (SSSR count). The Bertz CT molecular complexity index is 614. The Morgan fingerprint density at radius 2 is 1.58 bits per heavy atom. The summed E-state index contributed by atoms with van der Waals surface area (Å²) >= 11 is 10.3. The largest absolute Gasteiger partial charge is 0.482 e. The van der Waals surface area contributed by atoms with Gasteiger partial charge in [0.25, 0.3) is 16.6 Å². The molecule has 1 aromatic rings. The van der Waals surface area contributed by atoms with Crippen LogP contribution in [0.25, 0.3) is 0 Å². The molecule has 1 atom stereocenters. The van der Waals surface area contributed by atoms with E-state index in [1.165, 1.54) is 24.3 Å². The monoisotopic (exact) mass is 378 g/mol. The molecule has 0 spiro atoms. The van der Waals surface area contributed by atoms with Crippen molar-refractivity contribution >= 4 is 45.6 Å². The standard InChI is InChI=1S/C14H12Cl2O8/c1-21-14(20)12(13(16)19)24-9-4-2-8(3-5-9)22-7-11(18)23-6-10(15)17/h2-5,12H,6-7H2,1H3. The predicted molar refractivity (Wildman–Crippen MR) is 81.0 cm³/mol. The van der Waals surface area contributed by atoms with Crippen molar-refractivity contribution in [3.63, 3.8) is 0 Å². The number of methoxy groups -OCH3 is 1. The number of hydrogen-bond acceptors (Lipinski definition) is 8. The van der Waals surface area contributed by atoms with Crippen molar-refractivity contribution in [1.29, 1.82) is 0 Å². The van der Waals surface area contributed by atoms with Gasteiger partial charge >= 0.3 is 11.9 Å². The molecule has 1 aromatic carbocycles. The molecule has 0 amide bonds. The average molecular weight is 379 g/mol. The van der Waals surface area contributed by atoms with Crippen LogP contribution in [0.15, 0.2) is 24.3 Å². The van der Waals surface area contributed by atoms with E-state index in [4.69, 9.17) is 32.7 Å². The third kappa shape index (κ3) is 6.84. The highest BCUT2D eigenvalue weighted by atomic mass is 35.5. The molecule has 0 saturated carbocycles. The summed E-state index contributed by atoms with van der Waals surface area (Å²) in [6.07, 6.45) is -1.59. The van der Waals surface area contributed by atoms with E-state index in [0.29, 0.717) is 0 Å². The summed E-state index contributed by atoms with van der Waals surface area (Å²) in [5.41, 5.74) is 0. The number of esters is 2. The van der Waals surface area contributed by atoms with Crippen LogP contribution in [0.2, 0.25) is 0 Å². The lowest BCUT2D eigenvalue weighted by Gasteiger charge is -2.13. The van der Waals surface area contributed by atoms with Gasteiger partial charge in [-0.05, 0) is 47.5 Å². The highest BCUT2D eigenvalue weighted by Crippen LogP contribution is 2.19. The molecule has 8 nitrogen and oxygen atoms in total. The molecule has 0 N–H and O–H groups in total. The SMILES string of the molecule is COC(=O)C(Oc1ccc(OCC(=O)OCC(=O)Cl)cc1)C(=O)Cl. The molecule has 0 aliphatic heterocycles. The molecule has 0 aliphatic carbocycles. The van der Waals surface area contributed by atoms with Crippen LogP contribution >= 0.6 is 23.2 Å². The van der Waals surface area contributed by atoms with Gasteiger partial charge in [-0.1, -0.05) is 0 Å². The first-order valence-electron chi connectivity index (χ1n) is 6.34. The minimum atomic E-state index is -1.59. The highest BCUT2D eigenvalue weighted by Gasteiger charge is 2.28. The molecule has 24 heavy (non-hydrogen) atoms. The van der Waals surface area contributed by atoms with Crippen LogP contribution in [-0.4, -0.2) is 48.9 Å². The van der Waals surface area contributed by atoms with Gasteiger partial charge in [-0.2, -0.15) is 0 Å². The van der Waals surface area contributed by atoms with Gasteiger partial charge in [-0.3, -0.25) is 9.59 Å². The minimum Gasteiger partial charge on any atom is -0.482 e. The van der Waals surface area contributed by atoms with Gasteiger partial charge < -0.3 is 18.9 Å². The molecule has 0 radical (unpaired) electrons. The Labute approximate surface area is 146 Å². The topological polar surface area (TPSA) is 105 Å². The average Bonchev–Trinajstić information content (AvgIpc) is 2.56. The van der Waals surface area contributed by atoms with E-state index < -0.39 is 41.7 Å². The van der Waals surface area contributed by atoms with Crippen LogP contribution in [0.1, 0.15) is 0 Å². The third-order valence-electron chi connectivity index (χ3n) is 2.40. The van der Waals surface area contributed by atoms with Gasteiger partial charge in [-0.15, -0.1) is 0 Å². The molecule has 130 valence electrons. The Hall–Kier alpha value is -2.32. The van der Waals surface area contributed by atoms with Crippen LogP contribution in [0, 0.1) is 0 Å². The van der Waals surface area contributed by atoms with E-state index in [0.717, 1.165) is 7.11 Å². The maximum Gasteiger partial charge on any atom is 0.356 e. The number of ether oxygens (including phenoxy) is 4. The fourth-order valence-electron chi connectivity index (χ4n) is 1.37. The van der Waals surface area contributed by atoms with Crippen molar-refractivity contribution in [2.24, 2.45) is 0 Å². The first kappa shape index (κ1) is 19.7. The number of hydrogen-bond donors (Lipinski definition) is 0. The van der Waals surface area contributed by atoms with Gasteiger partial charge in [-0.25, -0.2) is 9.59 Å². The zero-order valence-electron chi connectivity index (χ0n) is 12.3. The maximum atomic E-state index is 11.3. The fraction of sp³-hybridized carbons (Fsp3) is 0.286. The number of halogens is 2. The van der Waals surface area contributed by atoms with Gasteiger partial charge in [0, 0.05) is 0 Å². The number of rotatable bonds is 9. The second-order valence-corrected chi connectivity index (χ2v) is 4.90. The molecule has 0 aliphatic rings. The van der Waals surface area contributed by atoms with Crippen molar-refractivity contribution in [3.05, 3.63) is 24.3 Å². The van der Waals surface area contributed by atoms with Crippen molar-refractivity contribution in [2.75, 3.05) is 20.3 Å². The molecular weight excluding hydrogens is 367 g/mol. The van der Waals surface area contributed by atoms with E-state index in [9.17, 15) is 19.2 Å². The van der Waals surface area contributed by atoms with Crippen LogP contribution in [0.3, 0.4) is 0 Å². The summed E-state index contributed by atoms with van der Waals surface area (Å²) in [6, 6.07) is 5.61. The number of benzene rings is 1. The lowest BCUT2D eigenvalue weighted by atomic mass is 10.3. The van der Waals surface area contributed by atoms with Crippen molar-refractivity contribution < 1.29 is 38.1 Å². The second kappa shape index (κ2) is 9.74. The number of carbonyl (C=O) groups is 4. The Balaban J connectivity index is 2.56. The summed E-state index contributed by atoms with van der Waals surface area (Å²) in [6.45, 7) is -0.979. The van der Waals surface area contributed by atoms with E-state index in [-0.39, 0.29) is 11.5 Å². The summed E-state index contributed by atoms with van der Waals surface area (Å²) < 4.78 is 19.1. The molecule has 0 fully saturated rings. The molecule has 0 saturated heterocycles. The molecular formula is C14H12Cl2O8. The van der Waals surface area contributed by atoms with Crippen molar-refractivity contribution in [3.8, 4) is 11.5 Å². The van der Waals surface area contributed by atoms with E-state index in [1.54, 1.807) is 0 Å². The summed E-state index contributed by atoms with van der Waals surface area (Å²) in [7, 11) is 1.09. The van der Waals surface area contributed by atoms with Gasteiger partial charge in [0.1, 0.15) is 11.5 Å². The van der Waals surface area contributed by atoms with Crippen molar-refractivity contribution in [2.45, 2.75) is 6.10 Å². The first-order valence-corrected chi connectivity index (χ1v) is 7.09. The Kier molecular flexibility index (Phi) is 8.00. The normalized spacial score (nSPS) is 11.1. The second-order valence-electron chi connectivity index (χ2n) is 4.10. The molecule has 0 aromatic heterocycles. The first-order chi connectivity index (χ1) is 11.3. The molecule has 1 unspecified atom stereocenters. The van der Waals surface area contributed by atoms with Crippen LogP contribution < -0.4 is 9.47 Å². The Morgan fingerprint density at radius 3 is 2.08 bits per heavy atom. The summed E-state index contributed by atoms with van der Waals surface area (Å²) in [5, 5.41) is -1.84. The minimum absolute atomic E-state index is 0.155. The fourth-order valence-corrected chi connectivity index (χ4v) is 1.55. The third-order valence-corrected chi connectivity index (χ3v) is 2.71.